The van der Waals surface area contributed by atoms with E-state index in [1.165, 1.54) is 34.8 Å². The van der Waals surface area contributed by atoms with Gasteiger partial charge in [-0.3, -0.25) is 4.90 Å². The fourth-order valence-corrected chi connectivity index (χ4v) is 5.35. The van der Waals surface area contributed by atoms with Crippen LogP contribution in [0.2, 0.25) is 0 Å². The lowest BCUT2D eigenvalue weighted by Crippen LogP contribution is -2.51. The summed E-state index contributed by atoms with van der Waals surface area (Å²) in [6.07, 6.45) is 3.77. The number of benzene rings is 1. The van der Waals surface area contributed by atoms with Gasteiger partial charge in [0.25, 0.3) is 0 Å². The minimum Gasteiger partial charge on any atom is -0.497 e. The molecule has 1 aromatic carbocycles. The highest BCUT2D eigenvalue weighted by Crippen LogP contribution is 2.47. The number of hydrogen-bond acceptors (Lipinski definition) is 4. The second-order valence-corrected chi connectivity index (χ2v) is 8.24. The number of rotatable bonds is 1. The standard InChI is InChI=1S/C22H26N2O3/c1-12-4-5-19-16(8-12)14-6-7-24-10-17-13(2)27-11-18(22(25)26-3)15(17)9-20(24)21(14)23-19/h4-5,8,11,13,15,17,20,23H,6-7,9-10H2,1-3H3/t13-,15?,17+,20?/m0/s1. The molecule has 0 radical (unpaired) electrons. The number of H-pyrrole nitrogens is 1. The normalized spacial score (nSPS) is 30.0. The number of piperidine rings is 1. The Balaban J connectivity index is 1.55. The predicted octanol–water partition coefficient (Wildman–Crippen LogP) is 3.49. The highest BCUT2D eigenvalue weighted by molar-refractivity contribution is 5.89. The maximum absolute atomic E-state index is 12.3. The van der Waals surface area contributed by atoms with E-state index in [0.717, 1.165) is 25.9 Å². The summed E-state index contributed by atoms with van der Waals surface area (Å²) in [5, 5.41) is 1.36. The van der Waals surface area contributed by atoms with E-state index in [4.69, 9.17) is 9.47 Å². The minimum absolute atomic E-state index is 0.121. The number of aromatic nitrogens is 1. The molecule has 1 N–H and O–H groups in total. The third-order valence-electron chi connectivity index (χ3n) is 6.79. The van der Waals surface area contributed by atoms with Crippen molar-refractivity contribution in [2.45, 2.75) is 38.8 Å². The summed E-state index contributed by atoms with van der Waals surface area (Å²) in [4.78, 5) is 18.6. The van der Waals surface area contributed by atoms with E-state index >= 15 is 0 Å². The van der Waals surface area contributed by atoms with Crippen LogP contribution in [0, 0.1) is 18.8 Å². The third-order valence-corrected chi connectivity index (χ3v) is 6.79. The molecule has 5 nitrogen and oxygen atoms in total. The molecule has 2 unspecified atom stereocenters. The van der Waals surface area contributed by atoms with Crippen molar-refractivity contribution in [3.8, 4) is 0 Å². The van der Waals surface area contributed by atoms with Gasteiger partial charge in [0.15, 0.2) is 0 Å². The second kappa shape index (κ2) is 6.13. The van der Waals surface area contributed by atoms with Gasteiger partial charge in [-0.2, -0.15) is 0 Å². The zero-order chi connectivity index (χ0) is 18.7. The molecule has 4 heterocycles. The molecule has 3 aliphatic heterocycles. The molecular weight excluding hydrogens is 340 g/mol. The highest BCUT2D eigenvalue weighted by atomic mass is 16.5. The first-order chi connectivity index (χ1) is 13.1. The van der Waals surface area contributed by atoms with E-state index in [1.807, 2.05) is 0 Å². The van der Waals surface area contributed by atoms with E-state index in [9.17, 15) is 4.79 Å². The Morgan fingerprint density at radius 3 is 3.04 bits per heavy atom. The zero-order valence-corrected chi connectivity index (χ0v) is 16.1. The molecule has 27 heavy (non-hydrogen) atoms. The Morgan fingerprint density at radius 1 is 1.37 bits per heavy atom. The van der Waals surface area contributed by atoms with Gasteiger partial charge in [-0.15, -0.1) is 0 Å². The second-order valence-electron chi connectivity index (χ2n) is 8.24. The number of methoxy groups -OCH3 is 1. The lowest BCUT2D eigenvalue weighted by molar-refractivity contribution is -0.139. The predicted molar refractivity (Wildman–Crippen MR) is 103 cm³/mol. The molecule has 1 saturated heterocycles. The molecule has 142 valence electrons. The molecule has 0 spiro atoms. The highest BCUT2D eigenvalue weighted by Gasteiger charge is 2.46. The van der Waals surface area contributed by atoms with Gasteiger partial charge in [-0.1, -0.05) is 11.6 Å². The average molecular weight is 366 g/mol. The SMILES string of the molecule is COC(=O)C1=CO[C@@H](C)[C@H]2CN3CCc4c([nH]c5ccc(C)cc45)C3CC12. The Hall–Kier alpha value is -2.27. The van der Waals surface area contributed by atoms with Crippen LogP contribution in [0.25, 0.3) is 10.9 Å². The summed E-state index contributed by atoms with van der Waals surface area (Å²) >= 11 is 0. The van der Waals surface area contributed by atoms with Crippen LogP contribution >= 0.6 is 0 Å². The van der Waals surface area contributed by atoms with Crippen molar-refractivity contribution in [1.82, 2.24) is 9.88 Å². The molecule has 1 aromatic heterocycles. The van der Waals surface area contributed by atoms with Gasteiger partial charge in [-0.05, 0) is 44.4 Å². The van der Waals surface area contributed by atoms with Crippen molar-refractivity contribution in [2.24, 2.45) is 11.8 Å². The lowest BCUT2D eigenvalue weighted by atomic mass is 9.72. The number of hydrogen-bond donors (Lipinski definition) is 1. The van der Waals surface area contributed by atoms with E-state index < -0.39 is 0 Å². The fraction of sp³-hybridized carbons (Fsp3) is 0.500. The van der Waals surface area contributed by atoms with Gasteiger partial charge < -0.3 is 14.5 Å². The van der Waals surface area contributed by atoms with Gasteiger partial charge >= 0.3 is 5.97 Å². The number of carbonyl (C=O) groups excluding carboxylic acids is 1. The van der Waals surface area contributed by atoms with Crippen molar-refractivity contribution >= 4 is 16.9 Å². The molecule has 5 heteroatoms. The van der Waals surface area contributed by atoms with Gasteiger partial charge in [0.1, 0.15) is 0 Å². The van der Waals surface area contributed by atoms with Crippen LogP contribution in [0.5, 0.6) is 0 Å². The first kappa shape index (κ1) is 16.9. The summed E-state index contributed by atoms with van der Waals surface area (Å²) in [6, 6.07) is 6.97. The molecule has 2 aromatic rings. The van der Waals surface area contributed by atoms with Gasteiger partial charge in [-0.25, -0.2) is 4.79 Å². The Morgan fingerprint density at radius 2 is 2.22 bits per heavy atom. The van der Waals surface area contributed by atoms with E-state index in [-0.39, 0.29) is 18.0 Å². The maximum atomic E-state index is 12.3. The first-order valence-electron chi connectivity index (χ1n) is 9.85. The Bertz CT molecular complexity index is 944. The smallest absolute Gasteiger partial charge is 0.337 e. The molecule has 0 bridgehead atoms. The summed E-state index contributed by atoms with van der Waals surface area (Å²) in [6.45, 7) is 6.28. The monoisotopic (exact) mass is 366 g/mol. The molecule has 0 saturated carbocycles. The molecular formula is C22H26N2O3. The van der Waals surface area contributed by atoms with Crippen molar-refractivity contribution in [3.63, 3.8) is 0 Å². The summed E-state index contributed by atoms with van der Waals surface area (Å²) in [5.74, 6) is 0.253. The van der Waals surface area contributed by atoms with E-state index in [0.29, 0.717) is 17.5 Å². The number of ether oxygens (including phenoxy) is 2. The number of esters is 1. The summed E-state index contributed by atoms with van der Waals surface area (Å²) in [7, 11) is 1.45. The van der Waals surface area contributed by atoms with Crippen LogP contribution in [0.4, 0.5) is 0 Å². The molecule has 4 atom stereocenters. The molecule has 1 fully saturated rings. The van der Waals surface area contributed by atoms with Gasteiger partial charge in [0, 0.05) is 41.5 Å². The van der Waals surface area contributed by atoms with Crippen LogP contribution in [-0.2, 0) is 20.7 Å². The minimum atomic E-state index is -0.256. The van der Waals surface area contributed by atoms with Crippen LogP contribution < -0.4 is 0 Å². The number of aryl methyl sites for hydroxylation is 1. The number of fused-ring (bicyclic) bond motifs is 6. The summed E-state index contributed by atoms with van der Waals surface area (Å²) < 4.78 is 10.8. The van der Waals surface area contributed by atoms with Crippen LogP contribution in [0.3, 0.4) is 0 Å². The number of nitrogens with one attached hydrogen (secondary N) is 1. The number of aromatic amines is 1. The topological polar surface area (TPSA) is 54.6 Å². The fourth-order valence-electron chi connectivity index (χ4n) is 5.35. The lowest BCUT2D eigenvalue weighted by Gasteiger charge is -2.49. The molecule has 3 aliphatic rings. The van der Waals surface area contributed by atoms with Gasteiger partial charge in [0.05, 0.1) is 31.1 Å². The Kier molecular flexibility index (Phi) is 3.83. The van der Waals surface area contributed by atoms with Crippen LogP contribution in [-0.4, -0.2) is 42.2 Å². The first-order valence-corrected chi connectivity index (χ1v) is 9.85. The van der Waals surface area contributed by atoms with Gasteiger partial charge in [0.2, 0.25) is 0 Å². The zero-order valence-electron chi connectivity index (χ0n) is 16.1. The average Bonchev–Trinajstić information content (AvgIpc) is 3.05. The largest absolute Gasteiger partial charge is 0.497 e. The van der Waals surface area contributed by atoms with E-state index in [1.54, 1.807) is 6.26 Å². The van der Waals surface area contributed by atoms with Crippen molar-refractivity contribution in [3.05, 3.63) is 46.9 Å². The van der Waals surface area contributed by atoms with Crippen molar-refractivity contribution < 1.29 is 14.3 Å². The maximum Gasteiger partial charge on any atom is 0.337 e. The molecule has 5 rings (SSSR count). The molecule has 0 amide bonds. The quantitative estimate of drug-likeness (QED) is 0.785. The summed E-state index contributed by atoms with van der Waals surface area (Å²) in [5.41, 5.74) is 6.00. The van der Waals surface area contributed by atoms with Crippen molar-refractivity contribution in [2.75, 3.05) is 20.2 Å². The number of carbonyl (C=O) groups is 1. The molecule has 0 aliphatic carbocycles. The van der Waals surface area contributed by atoms with Crippen LogP contribution in [0.15, 0.2) is 30.0 Å². The number of nitrogens with zero attached hydrogens (tertiary/aromatic N) is 1. The van der Waals surface area contributed by atoms with Crippen molar-refractivity contribution in [1.29, 1.82) is 0 Å². The Labute approximate surface area is 159 Å². The van der Waals surface area contributed by atoms with E-state index in [2.05, 4.69) is 41.9 Å². The van der Waals surface area contributed by atoms with Crippen LogP contribution in [0.1, 0.15) is 36.2 Å². The third kappa shape index (κ3) is 2.52.